The molecule has 0 saturated carbocycles. The molecule has 0 aliphatic heterocycles. The molecule has 28 heavy (non-hydrogen) atoms. The molecule has 142 valence electrons. The first-order valence-corrected chi connectivity index (χ1v) is 8.48. The van der Waals surface area contributed by atoms with Crippen LogP contribution in [0.1, 0.15) is 16.8 Å². The first kappa shape index (κ1) is 18.0. The van der Waals surface area contributed by atoms with Crippen molar-refractivity contribution in [2.24, 2.45) is 7.05 Å². The standard InChI is InChI=1S/C20H15F3N4O/c1-26-11-13(10-24-26)9-14-12-27(15-5-3-2-4-6-15)19-16(18(14)28)7-8-17(25-19)20(21,22)23/h2-8,10-12H,9H2,1H3. The number of rotatable bonds is 3. The van der Waals surface area contributed by atoms with Gasteiger partial charge in [-0.25, -0.2) is 4.98 Å². The molecule has 0 fully saturated rings. The van der Waals surface area contributed by atoms with E-state index in [1.807, 2.05) is 0 Å². The van der Waals surface area contributed by atoms with Crippen LogP contribution in [-0.4, -0.2) is 19.3 Å². The second kappa shape index (κ2) is 6.63. The maximum absolute atomic E-state index is 13.2. The summed E-state index contributed by atoms with van der Waals surface area (Å²) < 4.78 is 42.6. The van der Waals surface area contributed by atoms with E-state index >= 15 is 0 Å². The number of alkyl halides is 3. The number of hydrogen-bond acceptors (Lipinski definition) is 3. The van der Waals surface area contributed by atoms with Gasteiger partial charge in [0.15, 0.2) is 5.43 Å². The SMILES string of the molecule is Cn1cc(Cc2cn(-c3ccccc3)c3nc(C(F)(F)F)ccc3c2=O)cn1. The number of benzene rings is 1. The predicted molar refractivity (Wildman–Crippen MR) is 98.4 cm³/mol. The molecule has 5 nitrogen and oxygen atoms in total. The number of fused-ring (bicyclic) bond motifs is 1. The van der Waals surface area contributed by atoms with Crippen molar-refractivity contribution >= 4 is 11.0 Å². The third-order valence-corrected chi connectivity index (χ3v) is 4.40. The largest absolute Gasteiger partial charge is 0.433 e. The molecule has 3 aromatic heterocycles. The highest BCUT2D eigenvalue weighted by atomic mass is 19.4. The Balaban J connectivity index is 1.98. The fourth-order valence-electron chi connectivity index (χ4n) is 3.11. The second-order valence-electron chi connectivity index (χ2n) is 6.45. The molecule has 0 spiro atoms. The van der Waals surface area contributed by atoms with E-state index < -0.39 is 11.9 Å². The zero-order valence-corrected chi connectivity index (χ0v) is 14.8. The Morgan fingerprint density at radius 1 is 1.04 bits per heavy atom. The fourth-order valence-corrected chi connectivity index (χ4v) is 3.11. The third kappa shape index (κ3) is 3.28. The summed E-state index contributed by atoms with van der Waals surface area (Å²) in [7, 11) is 1.77. The van der Waals surface area contributed by atoms with Crippen LogP contribution in [0.25, 0.3) is 16.7 Å². The lowest BCUT2D eigenvalue weighted by molar-refractivity contribution is -0.141. The molecule has 0 unspecified atom stereocenters. The van der Waals surface area contributed by atoms with Crippen LogP contribution in [0.4, 0.5) is 13.2 Å². The van der Waals surface area contributed by atoms with Gasteiger partial charge in [-0.05, 0) is 29.8 Å². The molecule has 8 heteroatoms. The van der Waals surface area contributed by atoms with Crippen molar-refractivity contribution in [2.75, 3.05) is 0 Å². The second-order valence-corrected chi connectivity index (χ2v) is 6.45. The molecule has 0 bridgehead atoms. The Bertz CT molecular complexity index is 1210. The van der Waals surface area contributed by atoms with Crippen LogP contribution in [0, 0.1) is 0 Å². The van der Waals surface area contributed by atoms with Gasteiger partial charge in [0.25, 0.3) is 0 Å². The Labute approximate surface area is 157 Å². The molecule has 4 aromatic rings. The van der Waals surface area contributed by atoms with Gasteiger partial charge in [0, 0.05) is 37.1 Å². The van der Waals surface area contributed by atoms with E-state index in [0.717, 1.165) is 11.6 Å². The number of aromatic nitrogens is 4. The quantitative estimate of drug-likeness (QED) is 0.541. The van der Waals surface area contributed by atoms with Crippen molar-refractivity contribution < 1.29 is 13.2 Å². The van der Waals surface area contributed by atoms with E-state index in [1.165, 1.54) is 10.6 Å². The molecule has 0 radical (unpaired) electrons. The Morgan fingerprint density at radius 3 is 2.43 bits per heavy atom. The molecule has 0 N–H and O–H groups in total. The highest BCUT2D eigenvalue weighted by Crippen LogP contribution is 2.29. The van der Waals surface area contributed by atoms with Crippen LogP contribution in [0.2, 0.25) is 0 Å². The molecule has 0 aliphatic rings. The average Bonchev–Trinajstić information content (AvgIpc) is 3.08. The van der Waals surface area contributed by atoms with E-state index in [4.69, 9.17) is 0 Å². The van der Waals surface area contributed by atoms with Crippen LogP contribution < -0.4 is 5.43 Å². The minimum Gasteiger partial charge on any atom is -0.301 e. The van der Waals surface area contributed by atoms with Crippen LogP contribution in [-0.2, 0) is 19.6 Å². The van der Waals surface area contributed by atoms with Gasteiger partial charge >= 0.3 is 6.18 Å². The molecule has 0 saturated heterocycles. The van der Waals surface area contributed by atoms with Gasteiger partial charge in [-0.15, -0.1) is 0 Å². The van der Waals surface area contributed by atoms with Crippen molar-refractivity contribution in [3.8, 4) is 5.69 Å². The van der Waals surface area contributed by atoms with Crippen LogP contribution in [0.15, 0.2) is 65.8 Å². The Kier molecular flexibility index (Phi) is 4.26. The molecular weight excluding hydrogens is 369 g/mol. The van der Waals surface area contributed by atoms with E-state index in [2.05, 4.69) is 10.1 Å². The summed E-state index contributed by atoms with van der Waals surface area (Å²) in [6, 6.07) is 10.9. The zero-order chi connectivity index (χ0) is 19.9. The number of hydrogen-bond donors (Lipinski definition) is 0. The lowest BCUT2D eigenvalue weighted by atomic mass is 10.1. The smallest absolute Gasteiger partial charge is 0.301 e. The van der Waals surface area contributed by atoms with E-state index in [1.54, 1.807) is 60.7 Å². The van der Waals surface area contributed by atoms with Gasteiger partial charge in [-0.1, -0.05) is 18.2 Å². The summed E-state index contributed by atoms with van der Waals surface area (Å²) in [5, 5.41) is 4.23. The van der Waals surface area contributed by atoms with E-state index in [0.29, 0.717) is 17.7 Å². The minimum atomic E-state index is -4.60. The van der Waals surface area contributed by atoms with Crippen LogP contribution >= 0.6 is 0 Å². The van der Waals surface area contributed by atoms with Crippen molar-refractivity contribution in [2.45, 2.75) is 12.6 Å². The highest BCUT2D eigenvalue weighted by Gasteiger charge is 2.33. The summed E-state index contributed by atoms with van der Waals surface area (Å²) in [4.78, 5) is 16.7. The van der Waals surface area contributed by atoms with Crippen molar-refractivity contribution in [3.05, 3.63) is 88.1 Å². The van der Waals surface area contributed by atoms with Crippen molar-refractivity contribution in [3.63, 3.8) is 0 Å². The summed E-state index contributed by atoms with van der Waals surface area (Å²) in [5.41, 5.74) is 0.494. The predicted octanol–water partition coefficient (Wildman–Crippen LogP) is 3.73. The van der Waals surface area contributed by atoms with Gasteiger partial charge < -0.3 is 4.57 Å². The molecule has 4 rings (SSSR count). The Hall–Kier alpha value is -3.42. The monoisotopic (exact) mass is 384 g/mol. The fraction of sp³-hybridized carbons (Fsp3) is 0.150. The topological polar surface area (TPSA) is 52.7 Å². The normalized spacial score (nSPS) is 11.9. The highest BCUT2D eigenvalue weighted by molar-refractivity contribution is 5.78. The number of para-hydroxylation sites is 1. The summed E-state index contributed by atoms with van der Waals surface area (Å²) in [5.74, 6) is 0. The Morgan fingerprint density at radius 2 is 1.79 bits per heavy atom. The molecule has 0 amide bonds. The van der Waals surface area contributed by atoms with Gasteiger partial charge in [-0.3, -0.25) is 9.48 Å². The summed E-state index contributed by atoms with van der Waals surface area (Å²) in [6.45, 7) is 0. The third-order valence-electron chi connectivity index (χ3n) is 4.40. The van der Waals surface area contributed by atoms with Crippen molar-refractivity contribution in [1.82, 2.24) is 19.3 Å². The molecular formula is C20H15F3N4O. The average molecular weight is 384 g/mol. The number of aryl methyl sites for hydroxylation is 1. The van der Waals surface area contributed by atoms with Crippen LogP contribution in [0.3, 0.4) is 0 Å². The first-order chi connectivity index (χ1) is 13.3. The number of halogens is 3. The molecule has 1 aromatic carbocycles. The summed E-state index contributed by atoms with van der Waals surface area (Å²) in [6.07, 6.45) is 0.722. The maximum atomic E-state index is 13.2. The van der Waals surface area contributed by atoms with Crippen molar-refractivity contribution in [1.29, 1.82) is 0 Å². The maximum Gasteiger partial charge on any atom is 0.433 e. The minimum absolute atomic E-state index is 0.0269. The number of nitrogens with zero attached hydrogens (tertiary/aromatic N) is 4. The van der Waals surface area contributed by atoms with Gasteiger partial charge in [0.05, 0.1) is 11.6 Å². The van der Waals surface area contributed by atoms with Gasteiger partial charge in [-0.2, -0.15) is 18.3 Å². The van der Waals surface area contributed by atoms with Gasteiger partial charge in [0.2, 0.25) is 0 Å². The van der Waals surface area contributed by atoms with Crippen LogP contribution in [0.5, 0.6) is 0 Å². The molecule has 3 heterocycles. The van der Waals surface area contributed by atoms with E-state index in [-0.39, 0.29) is 16.5 Å². The van der Waals surface area contributed by atoms with Gasteiger partial charge in [0.1, 0.15) is 11.3 Å². The van der Waals surface area contributed by atoms with E-state index in [9.17, 15) is 18.0 Å². The summed E-state index contributed by atoms with van der Waals surface area (Å²) >= 11 is 0. The lowest BCUT2D eigenvalue weighted by Crippen LogP contribution is -2.17. The number of pyridine rings is 2. The molecule has 0 atom stereocenters. The first-order valence-electron chi connectivity index (χ1n) is 8.48. The molecule has 0 aliphatic carbocycles. The zero-order valence-electron chi connectivity index (χ0n) is 14.8. The lowest BCUT2D eigenvalue weighted by Gasteiger charge is -2.14.